The summed E-state index contributed by atoms with van der Waals surface area (Å²) in [5.74, 6) is 8.24. The largest absolute Gasteiger partial charge is 0.395 e. The van der Waals surface area contributed by atoms with E-state index in [0.717, 1.165) is 90.5 Å². The number of benzene rings is 2. The van der Waals surface area contributed by atoms with Gasteiger partial charge in [0, 0.05) is 55.6 Å². The fourth-order valence-corrected chi connectivity index (χ4v) is 6.33. The van der Waals surface area contributed by atoms with Gasteiger partial charge in [-0.25, -0.2) is 4.98 Å². The summed E-state index contributed by atoms with van der Waals surface area (Å²) in [6.07, 6.45) is 7.76. The van der Waals surface area contributed by atoms with Crippen LogP contribution in [0.2, 0.25) is 0 Å². The molecule has 0 radical (unpaired) electrons. The number of hydrogen-bond acceptors (Lipinski definition) is 7. The summed E-state index contributed by atoms with van der Waals surface area (Å²) in [5, 5.41) is 10.3. The maximum absolute atomic E-state index is 9.23. The SMILES string of the molecule is N[N+]12C=CN=CC1=C(C1CC(N3CCN(CCO)CC3)C1)N=C2c1ccc2ccc(-c3ccccc3)nc2c1. The van der Waals surface area contributed by atoms with E-state index in [-0.39, 0.29) is 11.2 Å². The van der Waals surface area contributed by atoms with Gasteiger partial charge in [0.1, 0.15) is 11.9 Å². The Kier molecular flexibility index (Phi) is 6.22. The molecule has 1 atom stereocenters. The third kappa shape index (κ3) is 4.34. The number of β-amino-alcohol motifs (C(OH)–C–C–N with tert-alkyl or cyclic N) is 1. The quantitative estimate of drug-likeness (QED) is 0.384. The summed E-state index contributed by atoms with van der Waals surface area (Å²) < 4.78 is 0.0454. The van der Waals surface area contributed by atoms with Crippen LogP contribution in [0.4, 0.5) is 0 Å². The molecule has 3 N–H and O–H groups in total. The van der Waals surface area contributed by atoms with E-state index in [0.29, 0.717) is 12.0 Å². The van der Waals surface area contributed by atoms with Gasteiger partial charge in [0.05, 0.1) is 35.8 Å². The molecule has 2 fully saturated rings. The van der Waals surface area contributed by atoms with Crippen LogP contribution >= 0.6 is 0 Å². The summed E-state index contributed by atoms with van der Waals surface area (Å²) in [6, 6.07) is 21.4. The van der Waals surface area contributed by atoms with Gasteiger partial charge in [0.25, 0.3) is 5.84 Å². The van der Waals surface area contributed by atoms with Crippen molar-refractivity contribution in [3.63, 3.8) is 0 Å². The molecule has 3 aliphatic heterocycles. The lowest BCUT2D eigenvalue weighted by Crippen LogP contribution is -2.55. The van der Waals surface area contributed by atoms with Gasteiger partial charge in [-0.2, -0.15) is 10.8 Å². The molecule has 3 aromatic rings. The maximum atomic E-state index is 9.23. The number of amidine groups is 1. The first kappa shape index (κ1) is 24.5. The normalized spacial score (nSPS) is 27.1. The van der Waals surface area contributed by atoms with E-state index in [9.17, 15) is 5.11 Å². The van der Waals surface area contributed by atoms with Crippen molar-refractivity contribution in [2.45, 2.75) is 18.9 Å². The number of allylic oxidation sites excluding steroid dienone is 2. The van der Waals surface area contributed by atoms with Crippen LogP contribution in [0, 0.1) is 5.92 Å². The van der Waals surface area contributed by atoms with Gasteiger partial charge in [0.15, 0.2) is 0 Å². The van der Waals surface area contributed by atoms with Crippen LogP contribution in [0.3, 0.4) is 0 Å². The Morgan fingerprint density at radius 2 is 1.74 bits per heavy atom. The Labute approximate surface area is 228 Å². The van der Waals surface area contributed by atoms with Gasteiger partial charge in [-0.3, -0.25) is 14.8 Å². The van der Waals surface area contributed by atoms with E-state index >= 15 is 0 Å². The molecule has 2 aromatic carbocycles. The molecule has 7 rings (SSSR count). The highest BCUT2D eigenvalue weighted by Crippen LogP contribution is 2.44. The van der Waals surface area contributed by atoms with Gasteiger partial charge in [-0.05, 0) is 31.0 Å². The highest BCUT2D eigenvalue weighted by Gasteiger charge is 2.49. The van der Waals surface area contributed by atoms with Crippen LogP contribution in [0.1, 0.15) is 18.4 Å². The Bertz CT molecular complexity index is 1510. The summed E-state index contributed by atoms with van der Waals surface area (Å²) in [7, 11) is 0. The molecule has 39 heavy (non-hydrogen) atoms. The monoisotopic (exact) mass is 520 g/mol. The van der Waals surface area contributed by atoms with Crippen molar-refractivity contribution in [2.75, 3.05) is 39.3 Å². The highest BCUT2D eigenvalue weighted by molar-refractivity contribution is 6.02. The molecule has 8 heteroatoms. The zero-order chi connectivity index (χ0) is 26.4. The molecule has 1 aliphatic carbocycles. The second-order valence-electron chi connectivity index (χ2n) is 11.0. The standard InChI is InChI=1S/C31H34N7O/c32-38-16-10-33-21-29(38)30(25-18-26(19-25)37-13-11-36(12-14-37)15-17-39)35-31(38)24-7-6-23-8-9-27(34-28(23)20-24)22-4-2-1-3-5-22/h1-10,16,20-21,25-26,39H,11-15,17-19,32H2/q+1. The minimum atomic E-state index is 0.0454. The molecular formula is C31H34N7O+. The number of aliphatic hydroxyl groups is 1. The molecule has 1 saturated heterocycles. The van der Waals surface area contributed by atoms with E-state index in [1.165, 1.54) is 0 Å². The molecule has 4 heterocycles. The van der Waals surface area contributed by atoms with Crippen molar-refractivity contribution < 1.29 is 9.70 Å². The number of aliphatic hydroxyl groups excluding tert-OH is 1. The lowest BCUT2D eigenvalue weighted by molar-refractivity contribution is -0.750. The van der Waals surface area contributed by atoms with E-state index in [2.05, 4.69) is 57.3 Å². The Morgan fingerprint density at radius 1 is 0.949 bits per heavy atom. The summed E-state index contributed by atoms with van der Waals surface area (Å²) in [6.45, 7) is 5.19. The van der Waals surface area contributed by atoms with Gasteiger partial charge in [-0.15, -0.1) is 4.59 Å². The zero-order valence-electron chi connectivity index (χ0n) is 22.0. The predicted octanol–water partition coefficient (Wildman–Crippen LogP) is 3.51. The number of nitrogens with two attached hydrogens (primary N) is 1. The van der Waals surface area contributed by atoms with Gasteiger partial charge >= 0.3 is 0 Å². The summed E-state index contributed by atoms with van der Waals surface area (Å²) >= 11 is 0. The van der Waals surface area contributed by atoms with Crippen molar-refractivity contribution in [1.82, 2.24) is 14.8 Å². The summed E-state index contributed by atoms with van der Waals surface area (Å²) in [4.78, 5) is 19.6. The predicted molar refractivity (Wildman–Crippen MR) is 154 cm³/mol. The molecule has 1 aromatic heterocycles. The number of aliphatic imine (C=N–C) groups is 2. The molecule has 1 unspecified atom stereocenters. The van der Waals surface area contributed by atoms with Crippen molar-refractivity contribution in [1.29, 1.82) is 0 Å². The third-order valence-electron chi connectivity index (χ3n) is 8.68. The van der Waals surface area contributed by atoms with Gasteiger partial charge < -0.3 is 5.11 Å². The average molecular weight is 521 g/mol. The Morgan fingerprint density at radius 3 is 2.54 bits per heavy atom. The molecule has 0 bridgehead atoms. The van der Waals surface area contributed by atoms with Crippen LogP contribution < -0.4 is 5.84 Å². The molecule has 4 aliphatic rings. The first-order valence-corrected chi connectivity index (χ1v) is 13.9. The number of rotatable bonds is 6. The average Bonchev–Trinajstić information content (AvgIpc) is 3.26. The Balaban J connectivity index is 1.15. The van der Waals surface area contributed by atoms with Crippen LogP contribution in [-0.2, 0) is 0 Å². The van der Waals surface area contributed by atoms with E-state index in [4.69, 9.17) is 15.8 Å². The first-order chi connectivity index (χ1) is 19.1. The molecule has 1 saturated carbocycles. The minimum Gasteiger partial charge on any atom is -0.395 e. The first-order valence-electron chi connectivity index (χ1n) is 13.9. The van der Waals surface area contributed by atoms with Crippen molar-refractivity contribution in [3.8, 4) is 11.3 Å². The number of piperazine rings is 1. The topological polar surface area (TPSA) is 90.3 Å². The lowest BCUT2D eigenvalue weighted by atomic mass is 9.76. The smallest absolute Gasteiger partial charge is 0.264 e. The van der Waals surface area contributed by atoms with Crippen LogP contribution in [0.25, 0.3) is 22.2 Å². The van der Waals surface area contributed by atoms with Gasteiger partial charge in [-0.1, -0.05) is 42.5 Å². The number of fused-ring (bicyclic) bond motifs is 2. The number of nitrogens with zero attached hydrogens (tertiary/aromatic N) is 6. The van der Waals surface area contributed by atoms with Gasteiger partial charge in [0.2, 0.25) is 5.70 Å². The number of quaternary nitrogens is 1. The van der Waals surface area contributed by atoms with Crippen molar-refractivity contribution >= 4 is 23.0 Å². The number of hydrogen-bond donors (Lipinski definition) is 2. The fraction of sp³-hybridized carbons (Fsp3) is 0.323. The van der Waals surface area contributed by atoms with Crippen molar-refractivity contribution in [2.24, 2.45) is 21.7 Å². The van der Waals surface area contributed by atoms with E-state index < -0.39 is 0 Å². The number of pyridine rings is 1. The van der Waals surface area contributed by atoms with E-state index in [1.54, 1.807) is 6.20 Å². The molecule has 8 nitrogen and oxygen atoms in total. The number of aromatic nitrogens is 1. The van der Waals surface area contributed by atoms with Crippen molar-refractivity contribution in [3.05, 3.63) is 90.0 Å². The highest BCUT2D eigenvalue weighted by atomic mass is 16.3. The van der Waals surface area contributed by atoms with Crippen LogP contribution in [0.15, 0.2) is 94.4 Å². The zero-order valence-corrected chi connectivity index (χ0v) is 22.0. The van der Waals surface area contributed by atoms with Crippen LogP contribution in [0.5, 0.6) is 0 Å². The maximum Gasteiger partial charge on any atom is 0.264 e. The lowest BCUT2D eigenvalue weighted by Gasteiger charge is -2.46. The molecular weight excluding hydrogens is 486 g/mol. The van der Waals surface area contributed by atoms with Crippen LogP contribution in [-0.4, -0.2) is 81.9 Å². The third-order valence-corrected chi connectivity index (χ3v) is 8.68. The van der Waals surface area contributed by atoms with E-state index in [1.807, 2.05) is 30.6 Å². The second kappa shape index (κ2) is 9.89. The minimum absolute atomic E-state index is 0.0454. The fourth-order valence-electron chi connectivity index (χ4n) is 6.33. The molecule has 198 valence electrons. The molecule has 0 spiro atoms. The Hall–Kier alpha value is -3.53. The second-order valence-corrected chi connectivity index (χ2v) is 11.0. The summed E-state index contributed by atoms with van der Waals surface area (Å²) in [5.41, 5.74) is 5.99. The molecule has 0 amide bonds.